The number of halogens is 1. The van der Waals surface area contributed by atoms with E-state index in [0.717, 1.165) is 19.5 Å². The van der Waals surface area contributed by atoms with Crippen molar-refractivity contribution in [2.75, 3.05) is 6.54 Å². The fraction of sp³-hybridized carbons (Fsp3) is 0.600. The molecule has 1 nitrogen and oxygen atoms in total. The van der Waals surface area contributed by atoms with Crippen molar-refractivity contribution in [2.24, 2.45) is 5.41 Å². The number of hydrogen-bond acceptors (Lipinski definition) is 1. The standard InChI is InChI=1S/C15H24ClN/c1-12-7-5-6-8-13(12)10-17-11-14(16)9-15(2,3)4/h5-8,14,17H,9-11H2,1-4H3. The Kier molecular flexibility index (Phi) is 5.48. The first-order valence-electron chi connectivity index (χ1n) is 6.28. The predicted octanol–water partition coefficient (Wildman–Crippen LogP) is 4.13. The summed E-state index contributed by atoms with van der Waals surface area (Å²) in [7, 11) is 0. The van der Waals surface area contributed by atoms with Gasteiger partial charge in [-0.05, 0) is 29.9 Å². The zero-order valence-electron chi connectivity index (χ0n) is 11.4. The number of benzene rings is 1. The van der Waals surface area contributed by atoms with E-state index in [1.807, 2.05) is 0 Å². The highest BCUT2D eigenvalue weighted by Crippen LogP contribution is 2.23. The second-order valence-electron chi connectivity index (χ2n) is 5.92. The van der Waals surface area contributed by atoms with Crippen molar-refractivity contribution in [3.05, 3.63) is 35.4 Å². The molecule has 0 fully saturated rings. The topological polar surface area (TPSA) is 12.0 Å². The van der Waals surface area contributed by atoms with Gasteiger partial charge in [-0.25, -0.2) is 0 Å². The Morgan fingerprint density at radius 2 is 1.88 bits per heavy atom. The highest BCUT2D eigenvalue weighted by Gasteiger charge is 2.16. The van der Waals surface area contributed by atoms with Crippen LogP contribution in [-0.4, -0.2) is 11.9 Å². The van der Waals surface area contributed by atoms with E-state index in [9.17, 15) is 0 Å². The van der Waals surface area contributed by atoms with Gasteiger partial charge in [-0.2, -0.15) is 0 Å². The van der Waals surface area contributed by atoms with E-state index >= 15 is 0 Å². The lowest BCUT2D eigenvalue weighted by Crippen LogP contribution is -2.26. The van der Waals surface area contributed by atoms with Gasteiger partial charge < -0.3 is 5.32 Å². The molecule has 0 aliphatic rings. The summed E-state index contributed by atoms with van der Waals surface area (Å²) in [6.07, 6.45) is 1.04. The van der Waals surface area contributed by atoms with Gasteiger partial charge in [0.15, 0.2) is 0 Å². The van der Waals surface area contributed by atoms with Gasteiger partial charge in [0, 0.05) is 18.5 Å². The van der Waals surface area contributed by atoms with E-state index in [4.69, 9.17) is 11.6 Å². The molecule has 1 N–H and O–H groups in total. The average Bonchev–Trinajstić information content (AvgIpc) is 2.18. The summed E-state index contributed by atoms with van der Waals surface area (Å²) in [4.78, 5) is 0. The van der Waals surface area contributed by atoms with E-state index in [1.165, 1.54) is 11.1 Å². The Morgan fingerprint density at radius 3 is 2.47 bits per heavy atom. The molecule has 0 saturated heterocycles. The van der Waals surface area contributed by atoms with Gasteiger partial charge in [0.1, 0.15) is 0 Å². The summed E-state index contributed by atoms with van der Waals surface area (Å²) >= 11 is 6.31. The highest BCUT2D eigenvalue weighted by atomic mass is 35.5. The second-order valence-corrected chi connectivity index (χ2v) is 6.54. The number of nitrogens with one attached hydrogen (secondary N) is 1. The van der Waals surface area contributed by atoms with Gasteiger partial charge in [-0.15, -0.1) is 11.6 Å². The first-order valence-corrected chi connectivity index (χ1v) is 6.71. The Morgan fingerprint density at radius 1 is 1.24 bits per heavy atom. The minimum absolute atomic E-state index is 0.207. The van der Waals surface area contributed by atoms with Crippen LogP contribution in [0.4, 0.5) is 0 Å². The van der Waals surface area contributed by atoms with Crippen molar-refractivity contribution >= 4 is 11.6 Å². The third-order valence-electron chi connectivity index (χ3n) is 2.78. The van der Waals surface area contributed by atoms with Crippen molar-refractivity contribution in [3.63, 3.8) is 0 Å². The van der Waals surface area contributed by atoms with Crippen LogP contribution in [0, 0.1) is 12.3 Å². The third kappa shape index (κ3) is 6.09. The summed E-state index contributed by atoms with van der Waals surface area (Å²) < 4.78 is 0. The maximum atomic E-state index is 6.31. The number of rotatable bonds is 5. The molecule has 1 rings (SSSR count). The minimum atomic E-state index is 0.207. The molecule has 0 radical (unpaired) electrons. The van der Waals surface area contributed by atoms with Crippen LogP contribution in [0.3, 0.4) is 0 Å². The predicted molar refractivity (Wildman–Crippen MR) is 76.6 cm³/mol. The molecule has 0 saturated carbocycles. The molecule has 0 aromatic heterocycles. The quantitative estimate of drug-likeness (QED) is 0.779. The monoisotopic (exact) mass is 253 g/mol. The maximum Gasteiger partial charge on any atom is 0.0465 e. The van der Waals surface area contributed by atoms with E-state index in [0.29, 0.717) is 5.41 Å². The van der Waals surface area contributed by atoms with Gasteiger partial charge in [0.2, 0.25) is 0 Å². The second kappa shape index (κ2) is 6.42. The molecule has 96 valence electrons. The first-order chi connectivity index (χ1) is 7.88. The molecule has 2 heteroatoms. The van der Waals surface area contributed by atoms with Crippen LogP contribution in [0.15, 0.2) is 24.3 Å². The van der Waals surface area contributed by atoms with Gasteiger partial charge >= 0.3 is 0 Å². The van der Waals surface area contributed by atoms with E-state index < -0.39 is 0 Å². The lowest BCUT2D eigenvalue weighted by molar-refractivity contribution is 0.364. The van der Waals surface area contributed by atoms with E-state index in [1.54, 1.807) is 0 Å². The van der Waals surface area contributed by atoms with E-state index in [2.05, 4.69) is 57.3 Å². The number of aryl methyl sites for hydroxylation is 1. The number of hydrogen-bond donors (Lipinski definition) is 1. The molecular formula is C15H24ClN. The van der Waals surface area contributed by atoms with Crippen molar-refractivity contribution in [1.29, 1.82) is 0 Å². The molecule has 0 bridgehead atoms. The Hall–Kier alpha value is -0.530. The van der Waals surface area contributed by atoms with E-state index in [-0.39, 0.29) is 5.38 Å². The van der Waals surface area contributed by atoms with Gasteiger partial charge in [-0.1, -0.05) is 45.0 Å². The lowest BCUT2D eigenvalue weighted by atomic mass is 9.90. The molecule has 1 unspecified atom stereocenters. The molecule has 0 aliphatic carbocycles. The van der Waals surface area contributed by atoms with Crippen LogP contribution < -0.4 is 5.32 Å². The van der Waals surface area contributed by atoms with Crippen LogP contribution in [0.1, 0.15) is 38.3 Å². The fourth-order valence-corrected chi connectivity index (χ4v) is 2.48. The van der Waals surface area contributed by atoms with Gasteiger partial charge in [0.25, 0.3) is 0 Å². The molecule has 0 aliphatic heterocycles. The molecule has 0 spiro atoms. The van der Waals surface area contributed by atoms with Crippen LogP contribution in [0.5, 0.6) is 0 Å². The molecule has 0 heterocycles. The average molecular weight is 254 g/mol. The molecule has 1 aromatic carbocycles. The van der Waals surface area contributed by atoms with Crippen LogP contribution in [0.2, 0.25) is 0 Å². The van der Waals surface area contributed by atoms with Crippen LogP contribution >= 0.6 is 11.6 Å². The molecule has 0 amide bonds. The Bertz CT molecular complexity index is 341. The fourth-order valence-electron chi connectivity index (χ4n) is 1.91. The lowest BCUT2D eigenvalue weighted by Gasteiger charge is -2.22. The zero-order chi connectivity index (χ0) is 12.9. The number of alkyl halides is 1. The van der Waals surface area contributed by atoms with Crippen molar-refractivity contribution in [1.82, 2.24) is 5.32 Å². The smallest absolute Gasteiger partial charge is 0.0465 e. The van der Waals surface area contributed by atoms with Gasteiger partial charge in [-0.3, -0.25) is 0 Å². The van der Waals surface area contributed by atoms with Crippen LogP contribution in [-0.2, 0) is 6.54 Å². The first kappa shape index (κ1) is 14.5. The molecule has 1 aromatic rings. The molecule has 17 heavy (non-hydrogen) atoms. The van der Waals surface area contributed by atoms with Crippen molar-refractivity contribution < 1.29 is 0 Å². The zero-order valence-corrected chi connectivity index (χ0v) is 12.1. The third-order valence-corrected chi connectivity index (χ3v) is 3.09. The largest absolute Gasteiger partial charge is 0.311 e. The highest BCUT2D eigenvalue weighted by molar-refractivity contribution is 6.20. The van der Waals surface area contributed by atoms with Crippen molar-refractivity contribution in [2.45, 2.75) is 46.0 Å². The summed E-state index contributed by atoms with van der Waals surface area (Å²) in [6, 6.07) is 8.46. The Labute approximate surface area is 111 Å². The summed E-state index contributed by atoms with van der Waals surface area (Å²) in [5, 5.41) is 3.64. The van der Waals surface area contributed by atoms with Crippen molar-refractivity contribution in [3.8, 4) is 0 Å². The van der Waals surface area contributed by atoms with Gasteiger partial charge in [0.05, 0.1) is 0 Å². The minimum Gasteiger partial charge on any atom is -0.311 e. The maximum absolute atomic E-state index is 6.31. The normalized spacial score (nSPS) is 13.7. The molecular weight excluding hydrogens is 230 g/mol. The Balaban J connectivity index is 2.31. The SMILES string of the molecule is Cc1ccccc1CNCC(Cl)CC(C)(C)C. The van der Waals surface area contributed by atoms with Crippen LogP contribution in [0.25, 0.3) is 0 Å². The summed E-state index contributed by atoms with van der Waals surface area (Å²) in [6.45, 7) is 10.6. The summed E-state index contributed by atoms with van der Waals surface area (Å²) in [5.41, 5.74) is 2.99. The summed E-state index contributed by atoms with van der Waals surface area (Å²) in [5.74, 6) is 0. The molecule has 1 atom stereocenters.